The lowest BCUT2D eigenvalue weighted by molar-refractivity contribution is 0.0592. The summed E-state index contributed by atoms with van der Waals surface area (Å²) in [6.07, 6.45) is 0. The van der Waals surface area contributed by atoms with Gasteiger partial charge in [-0.25, -0.2) is 19.2 Å². The zero-order valence-electron chi connectivity index (χ0n) is 32.7. The van der Waals surface area contributed by atoms with Crippen LogP contribution in [0.25, 0.3) is 11.1 Å². The Balaban J connectivity index is 1.66. The number of carbonyl (C=O) groups is 4. The third-order valence-corrected chi connectivity index (χ3v) is 14.3. The predicted molar refractivity (Wildman–Crippen MR) is 228 cm³/mol. The number of benzene rings is 6. The number of hydrogen-bond donors (Lipinski definition) is 0. The van der Waals surface area contributed by atoms with Crippen molar-refractivity contribution in [1.29, 1.82) is 0 Å². The summed E-state index contributed by atoms with van der Waals surface area (Å²) in [5, 5.41) is 5.48. The second kappa shape index (κ2) is 18.7. The van der Waals surface area contributed by atoms with E-state index >= 15 is 0 Å². The Hall–Kier alpha value is -6.34. The molecule has 0 atom stereocenters. The molecule has 6 aromatic carbocycles. The summed E-state index contributed by atoms with van der Waals surface area (Å²) in [5.41, 5.74) is 3.18. The van der Waals surface area contributed by atoms with Crippen molar-refractivity contribution in [1.82, 2.24) is 0 Å². The lowest BCUT2D eigenvalue weighted by Crippen LogP contribution is -2.27. The van der Waals surface area contributed by atoms with Crippen LogP contribution in [0.15, 0.2) is 133 Å². The molecule has 0 heterocycles. The molecule has 0 N–H and O–H groups in total. The number of esters is 4. The van der Waals surface area contributed by atoms with E-state index in [4.69, 9.17) is 28.4 Å². The van der Waals surface area contributed by atoms with E-state index < -0.39 is 39.7 Å². The van der Waals surface area contributed by atoms with Crippen LogP contribution in [0.5, 0.6) is 11.5 Å². The van der Waals surface area contributed by atoms with Gasteiger partial charge in [0.05, 0.1) is 64.9 Å². The SMILES string of the molecule is COC(=O)c1ccc(P(c2ccc(C(=O)OC)cc2)c2cccc(OC)c2-c2c(OC)cccc2P(c2ccc(C(=O)OC)cc2)c2ccc(C(=O)OC)cc2)cc1. The molecule has 58 heavy (non-hydrogen) atoms. The molecule has 294 valence electrons. The van der Waals surface area contributed by atoms with E-state index in [0.717, 1.165) is 43.0 Å². The van der Waals surface area contributed by atoms with Crippen LogP contribution in [0.3, 0.4) is 0 Å². The molecule has 10 nitrogen and oxygen atoms in total. The first-order valence-electron chi connectivity index (χ1n) is 17.9. The van der Waals surface area contributed by atoms with Crippen molar-refractivity contribution in [3.05, 3.63) is 156 Å². The van der Waals surface area contributed by atoms with Gasteiger partial charge in [0.2, 0.25) is 0 Å². The van der Waals surface area contributed by atoms with Crippen LogP contribution in [0.2, 0.25) is 0 Å². The lowest BCUT2D eigenvalue weighted by Gasteiger charge is -2.28. The summed E-state index contributed by atoms with van der Waals surface area (Å²) in [6, 6.07) is 41.0. The van der Waals surface area contributed by atoms with Crippen molar-refractivity contribution in [2.75, 3.05) is 42.7 Å². The summed E-state index contributed by atoms with van der Waals surface area (Å²) >= 11 is 0. The molecule has 0 bridgehead atoms. The van der Waals surface area contributed by atoms with Crippen LogP contribution in [0.4, 0.5) is 0 Å². The molecule has 6 rings (SSSR count). The zero-order valence-corrected chi connectivity index (χ0v) is 34.5. The minimum Gasteiger partial charge on any atom is -0.496 e. The van der Waals surface area contributed by atoms with E-state index in [2.05, 4.69) is 12.1 Å². The van der Waals surface area contributed by atoms with Gasteiger partial charge in [-0.05, 0) is 108 Å². The first-order chi connectivity index (χ1) is 28.2. The third kappa shape index (κ3) is 8.49. The van der Waals surface area contributed by atoms with Gasteiger partial charge in [0.25, 0.3) is 0 Å². The van der Waals surface area contributed by atoms with E-state index in [1.54, 1.807) is 62.8 Å². The standard InChI is InChI=1S/C46H40O10P2/c1-51-37-9-7-11-39(57(33-21-13-29(14-22-33)43(47)53-3)34-23-15-30(16-24-34)44(48)54-4)41(37)42-38(52-2)10-8-12-40(42)58(35-25-17-31(18-26-35)45(49)55-5)36-27-19-32(20-28-36)46(50)56-6/h7-28H,1-6H3. The second-order valence-corrected chi connectivity index (χ2v) is 16.9. The highest BCUT2D eigenvalue weighted by Gasteiger charge is 2.30. The van der Waals surface area contributed by atoms with E-state index in [0.29, 0.717) is 33.8 Å². The molecule has 0 spiro atoms. The summed E-state index contributed by atoms with van der Waals surface area (Å²) < 4.78 is 32.3. The number of carbonyl (C=O) groups excluding carboxylic acids is 4. The second-order valence-electron chi connectivity index (χ2n) is 12.5. The van der Waals surface area contributed by atoms with Crippen LogP contribution in [-0.2, 0) is 18.9 Å². The van der Waals surface area contributed by atoms with E-state index in [1.165, 1.54) is 28.4 Å². The number of rotatable bonds is 13. The minimum absolute atomic E-state index is 0.405. The Kier molecular flexibility index (Phi) is 13.3. The number of methoxy groups -OCH3 is 6. The molecule has 0 amide bonds. The number of ether oxygens (including phenoxy) is 6. The maximum absolute atomic E-state index is 12.5. The van der Waals surface area contributed by atoms with Gasteiger partial charge in [0.15, 0.2) is 0 Å². The lowest BCUT2D eigenvalue weighted by atomic mass is 10.0. The molecular formula is C46H40O10P2. The van der Waals surface area contributed by atoms with Crippen molar-refractivity contribution >= 4 is 71.5 Å². The molecule has 0 saturated carbocycles. The summed E-state index contributed by atoms with van der Waals surface area (Å²) in [5.74, 6) is -0.633. The molecule has 0 saturated heterocycles. The molecule has 0 aliphatic rings. The Morgan fingerprint density at radius 2 is 0.586 bits per heavy atom. The fourth-order valence-electron chi connectivity index (χ4n) is 6.57. The summed E-state index contributed by atoms with van der Waals surface area (Å²) in [7, 11) is 5.80. The summed E-state index contributed by atoms with van der Waals surface area (Å²) in [6.45, 7) is 0. The molecular weight excluding hydrogens is 774 g/mol. The van der Waals surface area contributed by atoms with Gasteiger partial charge in [-0.15, -0.1) is 0 Å². The quantitative estimate of drug-likeness (QED) is 0.0776. The van der Waals surface area contributed by atoms with Crippen molar-refractivity contribution in [3.8, 4) is 22.6 Å². The van der Waals surface area contributed by atoms with E-state index in [1.807, 2.05) is 72.8 Å². The molecule has 0 unspecified atom stereocenters. The normalized spacial score (nSPS) is 10.8. The average molecular weight is 815 g/mol. The fraction of sp³-hybridized carbons (Fsp3) is 0.130. The van der Waals surface area contributed by atoms with Gasteiger partial charge in [0.1, 0.15) is 11.5 Å². The van der Waals surface area contributed by atoms with E-state index in [9.17, 15) is 19.2 Å². The molecule has 0 fully saturated rings. The van der Waals surface area contributed by atoms with Gasteiger partial charge in [-0.2, -0.15) is 0 Å². The Morgan fingerprint density at radius 1 is 0.345 bits per heavy atom. The maximum atomic E-state index is 12.5. The van der Waals surface area contributed by atoms with Crippen LogP contribution < -0.4 is 41.3 Å². The van der Waals surface area contributed by atoms with Crippen molar-refractivity contribution in [3.63, 3.8) is 0 Å². The highest BCUT2D eigenvalue weighted by molar-refractivity contribution is 7.80. The molecule has 0 aliphatic carbocycles. The van der Waals surface area contributed by atoms with Gasteiger partial charge in [-0.1, -0.05) is 72.8 Å². The van der Waals surface area contributed by atoms with Crippen molar-refractivity contribution in [2.24, 2.45) is 0 Å². The average Bonchev–Trinajstić information content (AvgIpc) is 3.28. The maximum Gasteiger partial charge on any atom is 0.337 e. The topological polar surface area (TPSA) is 124 Å². The highest BCUT2D eigenvalue weighted by Crippen LogP contribution is 2.47. The fourth-order valence-corrected chi connectivity index (χ4v) is 11.4. The smallest absolute Gasteiger partial charge is 0.337 e. The van der Waals surface area contributed by atoms with Gasteiger partial charge >= 0.3 is 23.9 Å². The third-order valence-electron chi connectivity index (χ3n) is 9.37. The largest absolute Gasteiger partial charge is 0.496 e. The van der Waals surface area contributed by atoms with Gasteiger partial charge in [0, 0.05) is 11.1 Å². The minimum atomic E-state index is -1.40. The Morgan fingerprint density at radius 3 is 0.793 bits per heavy atom. The Bertz CT molecular complexity index is 2140. The molecule has 0 radical (unpaired) electrons. The monoisotopic (exact) mass is 814 g/mol. The molecule has 12 heteroatoms. The van der Waals surface area contributed by atoms with Crippen molar-refractivity contribution in [2.45, 2.75) is 0 Å². The highest BCUT2D eigenvalue weighted by atomic mass is 31.1. The molecule has 0 aromatic heterocycles. The molecule has 6 aromatic rings. The van der Waals surface area contributed by atoms with Crippen LogP contribution in [0.1, 0.15) is 41.4 Å². The van der Waals surface area contributed by atoms with Crippen LogP contribution >= 0.6 is 15.8 Å². The molecule has 0 aliphatic heterocycles. The predicted octanol–water partition coefficient (Wildman–Crippen LogP) is 6.03. The first-order valence-corrected chi connectivity index (χ1v) is 20.5. The number of hydrogen-bond acceptors (Lipinski definition) is 10. The Labute approximate surface area is 339 Å². The van der Waals surface area contributed by atoms with Crippen molar-refractivity contribution < 1.29 is 47.6 Å². The van der Waals surface area contributed by atoms with Gasteiger partial charge in [-0.3, -0.25) is 0 Å². The zero-order chi connectivity index (χ0) is 41.3. The van der Waals surface area contributed by atoms with Crippen LogP contribution in [-0.4, -0.2) is 66.5 Å². The van der Waals surface area contributed by atoms with Crippen LogP contribution in [0, 0.1) is 0 Å². The summed E-state index contributed by atoms with van der Waals surface area (Å²) in [4.78, 5) is 50.0. The van der Waals surface area contributed by atoms with Gasteiger partial charge < -0.3 is 28.4 Å². The first kappa shape index (κ1) is 41.3. The van der Waals surface area contributed by atoms with E-state index in [-0.39, 0.29) is 0 Å².